The molecule has 0 heterocycles. The third-order valence-electron chi connectivity index (χ3n) is 7.16. The highest BCUT2D eigenvalue weighted by atomic mass is 35.5. The number of halogens is 1. The van der Waals surface area contributed by atoms with Crippen molar-refractivity contribution in [1.29, 1.82) is 0 Å². The SMILES string of the molecule is Clc1ccc2c(c1)C1(c3ccccc3-2)c2ccccc2-c2c(-c3ccccc3)cccc21. The van der Waals surface area contributed by atoms with Gasteiger partial charge in [0.05, 0.1) is 5.41 Å². The van der Waals surface area contributed by atoms with Gasteiger partial charge < -0.3 is 0 Å². The summed E-state index contributed by atoms with van der Waals surface area (Å²) in [5.74, 6) is 0. The van der Waals surface area contributed by atoms with Crippen LogP contribution in [0.1, 0.15) is 22.3 Å². The van der Waals surface area contributed by atoms with E-state index in [1.54, 1.807) is 0 Å². The van der Waals surface area contributed by atoms with E-state index >= 15 is 0 Å². The second kappa shape index (κ2) is 6.45. The van der Waals surface area contributed by atoms with Gasteiger partial charge in [0.25, 0.3) is 0 Å². The minimum atomic E-state index is -0.354. The van der Waals surface area contributed by atoms with Crippen molar-refractivity contribution in [3.63, 3.8) is 0 Å². The fourth-order valence-corrected chi connectivity index (χ4v) is 6.19. The van der Waals surface area contributed by atoms with E-state index in [2.05, 4.69) is 109 Å². The van der Waals surface area contributed by atoms with Crippen molar-refractivity contribution < 1.29 is 0 Å². The standard InChI is InChI=1S/C31H19Cl/c32-21-17-18-24-23-11-4-6-14-26(23)31(29(24)19-21)27-15-7-5-12-25(27)30-22(13-8-16-28(30)31)20-9-2-1-3-10-20/h1-19H. The molecule has 1 atom stereocenters. The molecule has 2 aliphatic carbocycles. The van der Waals surface area contributed by atoms with E-state index in [0.29, 0.717) is 0 Å². The first-order valence-corrected chi connectivity index (χ1v) is 11.4. The molecule has 0 nitrogen and oxygen atoms in total. The van der Waals surface area contributed by atoms with E-state index in [9.17, 15) is 0 Å². The summed E-state index contributed by atoms with van der Waals surface area (Å²) in [6, 6.07) is 41.6. The Morgan fingerprint density at radius 3 is 1.84 bits per heavy atom. The van der Waals surface area contributed by atoms with Crippen LogP contribution in [0.3, 0.4) is 0 Å². The Hall–Kier alpha value is -3.61. The predicted molar refractivity (Wildman–Crippen MR) is 133 cm³/mol. The molecule has 2 aliphatic rings. The van der Waals surface area contributed by atoms with Crippen LogP contribution in [0.15, 0.2) is 115 Å². The molecule has 5 aromatic rings. The molecule has 32 heavy (non-hydrogen) atoms. The van der Waals surface area contributed by atoms with Crippen LogP contribution in [0.4, 0.5) is 0 Å². The molecule has 1 heteroatoms. The number of hydrogen-bond donors (Lipinski definition) is 0. The fraction of sp³-hybridized carbons (Fsp3) is 0.0323. The minimum absolute atomic E-state index is 0.354. The second-order valence-electron chi connectivity index (χ2n) is 8.63. The first-order valence-electron chi connectivity index (χ1n) is 11.0. The number of benzene rings is 5. The molecule has 0 fully saturated rings. The van der Waals surface area contributed by atoms with Gasteiger partial charge in [0, 0.05) is 5.02 Å². The molecule has 0 amide bonds. The summed E-state index contributed by atoms with van der Waals surface area (Å²) in [6.07, 6.45) is 0. The van der Waals surface area contributed by atoms with Gasteiger partial charge in [-0.3, -0.25) is 0 Å². The molecule has 5 aromatic carbocycles. The van der Waals surface area contributed by atoms with Gasteiger partial charge in [-0.05, 0) is 67.8 Å². The van der Waals surface area contributed by atoms with Crippen molar-refractivity contribution >= 4 is 11.6 Å². The van der Waals surface area contributed by atoms with Crippen molar-refractivity contribution in [3.8, 4) is 33.4 Å². The molecule has 0 aliphatic heterocycles. The fourth-order valence-electron chi connectivity index (χ4n) is 6.02. The van der Waals surface area contributed by atoms with Gasteiger partial charge in [-0.1, -0.05) is 115 Å². The molecule has 7 rings (SSSR count). The van der Waals surface area contributed by atoms with E-state index in [1.165, 1.54) is 55.6 Å². The Balaban J connectivity index is 1.69. The molecule has 0 aromatic heterocycles. The zero-order chi connectivity index (χ0) is 21.3. The molecule has 0 radical (unpaired) electrons. The Kier molecular flexibility index (Phi) is 3.63. The Labute approximate surface area is 192 Å². The molecule has 0 bridgehead atoms. The number of fused-ring (bicyclic) bond motifs is 10. The van der Waals surface area contributed by atoms with Crippen LogP contribution in [0.25, 0.3) is 33.4 Å². The molecule has 0 saturated carbocycles. The molecular weight excluding hydrogens is 408 g/mol. The maximum Gasteiger partial charge on any atom is 0.0726 e. The number of rotatable bonds is 1. The normalized spacial score (nSPS) is 17.0. The highest BCUT2D eigenvalue weighted by Gasteiger charge is 2.52. The van der Waals surface area contributed by atoms with Gasteiger partial charge in [-0.15, -0.1) is 0 Å². The first-order chi connectivity index (χ1) is 15.8. The van der Waals surface area contributed by atoms with Gasteiger partial charge in [0.1, 0.15) is 0 Å². The van der Waals surface area contributed by atoms with Gasteiger partial charge in [0.2, 0.25) is 0 Å². The first kappa shape index (κ1) is 18.0. The topological polar surface area (TPSA) is 0 Å². The van der Waals surface area contributed by atoms with E-state index in [-0.39, 0.29) is 5.41 Å². The van der Waals surface area contributed by atoms with Gasteiger partial charge in [-0.2, -0.15) is 0 Å². The van der Waals surface area contributed by atoms with Gasteiger partial charge in [0.15, 0.2) is 0 Å². The lowest BCUT2D eigenvalue weighted by Gasteiger charge is -2.30. The summed E-state index contributed by atoms with van der Waals surface area (Å²) in [4.78, 5) is 0. The van der Waals surface area contributed by atoms with Crippen molar-refractivity contribution in [2.45, 2.75) is 5.41 Å². The van der Waals surface area contributed by atoms with Crippen LogP contribution in [0.2, 0.25) is 5.02 Å². The van der Waals surface area contributed by atoms with E-state index in [4.69, 9.17) is 11.6 Å². The summed E-state index contributed by atoms with van der Waals surface area (Å²) in [7, 11) is 0. The Bertz CT molecular complexity index is 1530. The summed E-state index contributed by atoms with van der Waals surface area (Å²) in [6.45, 7) is 0. The summed E-state index contributed by atoms with van der Waals surface area (Å²) in [5, 5.41) is 0.779. The zero-order valence-corrected chi connectivity index (χ0v) is 18.1. The summed E-state index contributed by atoms with van der Waals surface area (Å²) in [5.41, 5.74) is 12.7. The maximum absolute atomic E-state index is 6.61. The Morgan fingerprint density at radius 2 is 1.03 bits per heavy atom. The zero-order valence-electron chi connectivity index (χ0n) is 17.3. The molecular formula is C31H19Cl. The smallest absolute Gasteiger partial charge is 0.0726 e. The van der Waals surface area contributed by atoms with Crippen molar-refractivity contribution in [1.82, 2.24) is 0 Å². The van der Waals surface area contributed by atoms with Crippen LogP contribution in [-0.2, 0) is 5.41 Å². The molecule has 0 saturated heterocycles. The molecule has 1 unspecified atom stereocenters. The third kappa shape index (κ3) is 2.13. The molecule has 150 valence electrons. The van der Waals surface area contributed by atoms with E-state index in [0.717, 1.165) is 5.02 Å². The van der Waals surface area contributed by atoms with Crippen molar-refractivity contribution in [3.05, 3.63) is 143 Å². The quantitative estimate of drug-likeness (QED) is 0.247. The van der Waals surface area contributed by atoms with Crippen LogP contribution in [-0.4, -0.2) is 0 Å². The van der Waals surface area contributed by atoms with Crippen LogP contribution in [0, 0.1) is 0 Å². The monoisotopic (exact) mass is 426 g/mol. The van der Waals surface area contributed by atoms with Gasteiger partial charge >= 0.3 is 0 Å². The Morgan fingerprint density at radius 1 is 0.438 bits per heavy atom. The van der Waals surface area contributed by atoms with Crippen LogP contribution >= 0.6 is 11.6 Å². The second-order valence-corrected chi connectivity index (χ2v) is 9.06. The van der Waals surface area contributed by atoms with Crippen molar-refractivity contribution in [2.24, 2.45) is 0 Å². The minimum Gasteiger partial charge on any atom is -0.0843 e. The maximum atomic E-state index is 6.61. The molecule has 0 N–H and O–H groups in total. The largest absolute Gasteiger partial charge is 0.0843 e. The highest BCUT2D eigenvalue weighted by Crippen LogP contribution is 2.64. The highest BCUT2D eigenvalue weighted by molar-refractivity contribution is 6.30. The average Bonchev–Trinajstić information content (AvgIpc) is 3.31. The lowest BCUT2D eigenvalue weighted by Crippen LogP contribution is -2.25. The van der Waals surface area contributed by atoms with Crippen molar-refractivity contribution in [2.75, 3.05) is 0 Å². The average molecular weight is 427 g/mol. The van der Waals surface area contributed by atoms with Gasteiger partial charge in [-0.25, -0.2) is 0 Å². The lowest BCUT2D eigenvalue weighted by atomic mass is 9.70. The summed E-state index contributed by atoms with van der Waals surface area (Å²) < 4.78 is 0. The summed E-state index contributed by atoms with van der Waals surface area (Å²) >= 11 is 6.61. The van der Waals surface area contributed by atoms with Crippen LogP contribution in [0.5, 0.6) is 0 Å². The van der Waals surface area contributed by atoms with E-state index in [1.807, 2.05) is 6.07 Å². The van der Waals surface area contributed by atoms with Crippen LogP contribution < -0.4 is 0 Å². The molecule has 1 spiro atoms. The predicted octanol–water partition coefficient (Wildman–Crippen LogP) is 8.35. The van der Waals surface area contributed by atoms with E-state index < -0.39 is 0 Å². The third-order valence-corrected chi connectivity index (χ3v) is 7.40. The lowest BCUT2D eigenvalue weighted by molar-refractivity contribution is 0.794. The number of hydrogen-bond acceptors (Lipinski definition) is 0.